The van der Waals surface area contributed by atoms with E-state index in [1.54, 1.807) is 6.92 Å². The molecular weight excluding hydrogens is 243 g/mol. The molecule has 6 heteroatoms. The Labute approximate surface area is 102 Å². The third kappa shape index (κ3) is 4.52. The van der Waals surface area contributed by atoms with Crippen LogP contribution in [-0.2, 0) is 15.6 Å². The van der Waals surface area contributed by atoms with Gasteiger partial charge in [0.05, 0.1) is 5.69 Å². The highest BCUT2D eigenvalue weighted by Gasteiger charge is 2.06. The van der Waals surface area contributed by atoms with E-state index in [0.29, 0.717) is 17.2 Å². The van der Waals surface area contributed by atoms with Crippen molar-refractivity contribution in [3.8, 4) is 0 Å². The van der Waals surface area contributed by atoms with Gasteiger partial charge in [-0.2, -0.15) is 0 Å². The van der Waals surface area contributed by atoms with E-state index >= 15 is 0 Å². The standard InChI is InChI=1S/C11H15FN2O2S/c1-2-17(16)6-5-11(15)14-8-3-4-9(12)10(13)7-8/h3-4,7H,2,5-6,13H2,1H3,(H,14,15). The normalized spacial score (nSPS) is 12.1. The van der Waals surface area contributed by atoms with E-state index in [0.717, 1.165) is 0 Å². The van der Waals surface area contributed by atoms with Crippen molar-refractivity contribution >= 4 is 28.1 Å². The number of rotatable bonds is 5. The predicted molar refractivity (Wildman–Crippen MR) is 67.6 cm³/mol. The number of benzene rings is 1. The summed E-state index contributed by atoms with van der Waals surface area (Å²) in [7, 11) is -0.959. The Morgan fingerprint density at radius 1 is 1.53 bits per heavy atom. The van der Waals surface area contributed by atoms with Gasteiger partial charge in [0.1, 0.15) is 5.82 Å². The van der Waals surface area contributed by atoms with E-state index in [9.17, 15) is 13.4 Å². The van der Waals surface area contributed by atoms with Gasteiger partial charge < -0.3 is 11.1 Å². The Morgan fingerprint density at radius 3 is 2.82 bits per heavy atom. The quantitative estimate of drug-likeness (QED) is 0.786. The maximum atomic E-state index is 12.9. The highest BCUT2D eigenvalue weighted by Crippen LogP contribution is 2.16. The molecule has 0 saturated carbocycles. The summed E-state index contributed by atoms with van der Waals surface area (Å²) in [6.07, 6.45) is 0.178. The van der Waals surface area contributed by atoms with Gasteiger partial charge in [-0.1, -0.05) is 6.92 Å². The highest BCUT2D eigenvalue weighted by atomic mass is 32.2. The van der Waals surface area contributed by atoms with E-state index in [1.807, 2.05) is 0 Å². The van der Waals surface area contributed by atoms with Crippen LogP contribution in [0.3, 0.4) is 0 Å². The number of anilines is 2. The van der Waals surface area contributed by atoms with Crippen molar-refractivity contribution in [2.45, 2.75) is 13.3 Å². The molecule has 1 unspecified atom stereocenters. The first-order valence-electron chi connectivity index (χ1n) is 5.22. The summed E-state index contributed by atoms with van der Waals surface area (Å²) in [5, 5.41) is 2.57. The Bertz CT molecular complexity index is 437. The van der Waals surface area contributed by atoms with Crippen LogP contribution in [0.1, 0.15) is 13.3 Å². The molecule has 94 valence electrons. The fourth-order valence-corrected chi connectivity index (χ4v) is 1.90. The average molecular weight is 258 g/mol. The van der Waals surface area contributed by atoms with Gasteiger partial charge in [0, 0.05) is 34.4 Å². The summed E-state index contributed by atoms with van der Waals surface area (Å²) < 4.78 is 24.0. The molecule has 0 bridgehead atoms. The number of nitrogens with two attached hydrogens (primary N) is 1. The Hall–Kier alpha value is -1.43. The van der Waals surface area contributed by atoms with Crippen LogP contribution in [-0.4, -0.2) is 21.6 Å². The number of carbonyl (C=O) groups excluding carboxylic acids is 1. The Kier molecular flexibility index (Phi) is 5.09. The molecule has 0 aromatic heterocycles. The second-order valence-electron chi connectivity index (χ2n) is 3.47. The number of halogens is 1. The molecule has 1 amide bonds. The molecule has 1 aromatic carbocycles. The minimum atomic E-state index is -0.959. The third-order valence-electron chi connectivity index (χ3n) is 2.16. The van der Waals surface area contributed by atoms with Crippen molar-refractivity contribution in [2.24, 2.45) is 0 Å². The molecule has 1 atom stereocenters. The maximum absolute atomic E-state index is 12.9. The van der Waals surface area contributed by atoms with Crippen molar-refractivity contribution < 1.29 is 13.4 Å². The van der Waals surface area contributed by atoms with E-state index < -0.39 is 16.6 Å². The first-order valence-corrected chi connectivity index (χ1v) is 6.71. The number of hydrogen-bond donors (Lipinski definition) is 2. The molecule has 0 aliphatic heterocycles. The smallest absolute Gasteiger partial charge is 0.225 e. The zero-order valence-electron chi connectivity index (χ0n) is 9.53. The second kappa shape index (κ2) is 6.34. The number of carbonyl (C=O) groups is 1. The van der Waals surface area contributed by atoms with Crippen LogP contribution >= 0.6 is 0 Å². The van der Waals surface area contributed by atoms with E-state index in [-0.39, 0.29) is 18.0 Å². The molecule has 0 spiro atoms. The van der Waals surface area contributed by atoms with Crippen LogP contribution < -0.4 is 11.1 Å². The molecule has 0 saturated heterocycles. The fourth-order valence-electron chi connectivity index (χ4n) is 1.20. The molecule has 0 aliphatic carbocycles. The van der Waals surface area contributed by atoms with E-state index in [4.69, 9.17) is 5.73 Å². The Balaban J connectivity index is 2.50. The number of amides is 1. The van der Waals surface area contributed by atoms with Crippen molar-refractivity contribution in [3.05, 3.63) is 24.0 Å². The van der Waals surface area contributed by atoms with Gasteiger partial charge >= 0.3 is 0 Å². The zero-order valence-corrected chi connectivity index (χ0v) is 10.3. The molecule has 0 radical (unpaired) electrons. The Morgan fingerprint density at radius 2 is 2.24 bits per heavy atom. The molecule has 17 heavy (non-hydrogen) atoms. The SMILES string of the molecule is CCS(=O)CCC(=O)Nc1ccc(F)c(N)c1. The van der Waals surface area contributed by atoms with Gasteiger partial charge in [-0.3, -0.25) is 9.00 Å². The molecular formula is C11H15FN2O2S. The summed E-state index contributed by atoms with van der Waals surface area (Å²) in [6.45, 7) is 1.80. The van der Waals surface area contributed by atoms with Gasteiger partial charge in [-0.25, -0.2) is 4.39 Å². The molecule has 1 rings (SSSR count). The van der Waals surface area contributed by atoms with Crippen LogP contribution in [0.25, 0.3) is 0 Å². The largest absolute Gasteiger partial charge is 0.396 e. The van der Waals surface area contributed by atoms with Crippen molar-refractivity contribution in [1.29, 1.82) is 0 Å². The van der Waals surface area contributed by atoms with Crippen LogP contribution in [0.2, 0.25) is 0 Å². The molecule has 0 fully saturated rings. The van der Waals surface area contributed by atoms with Crippen molar-refractivity contribution in [2.75, 3.05) is 22.6 Å². The summed E-state index contributed by atoms with van der Waals surface area (Å²) in [6, 6.07) is 3.97. The molecule has 1 aromatic rings. The van der Waals surface area contributed by atoms with Crippen molar-refractivity contribution in [1.82, 2.24) is 0 Å². The lowest BCUT2D eigenvalue weighted by atomic mass is 10.2. The minimum Gasteiger partial charge on any atom is -0.396 e. The lowest BCUT2D eigenvalue weighted by molar-refractivity contribution is -0.115. The molecule has 4 nitrogen and oxygen atoms in total. The van der Waals surface area contributed by atoms with Crippen LogP contribution in [0.5, 0.6) is 0 Å². The van der Waals surface area contributed by atoms with Gasteiger partial charge in [-0.15, -0.1) is 0 Å². The van der Waals surface area contributed by atoms with Crippen LogP contribution in [0.15, 0.2) is 18.2 Å². The summed E-state index contributed by atoms with van der Waals surface area (Å²) in [5.41, 5.74) is 5.79. The van der Waals surface area contributed by atoms with Gasteiger partial charge in [0.15, 0.2) is 0 Å². The first kappa shape index (κ1) is 13.6. The molecule has 0 aliphatic rings. The highest BCUT2D eigenvalue weighted by molar-refractivity contribution is 7.84. The average Bonchev–Trinajstić information content (AvgIpc) is 2.31. The number of hydrogen-bond acceptors (Lipinski definition) is 3. The summed E-state index contributed by atoms with van der Waals surface area (Å²) in [5.74, 6) is 0.100. The first-order chi connectivity index (χ1) is 8.02. The van der Waals surface area contributed by atoms with Crippen molar-refractivity contribution in [3.63, 3.8) is 0 Å². The van der Waals surface area contributed by atoms with Gasteiger partial charge in [-0.05, 0) is 18.2 Å². The second-order valence-corrected chi connectivity index (χ2v) is 5.33. The van der Waals surface area contributed by atoms with Gasteiger partial charge in [0.2, 0.25) is 5.91 Å². The summed E-state index contributed by atoms with van der Waals surface area (Å²) in [4.78, 5) is 11.4. The van der Waals surface area contributed by atoms with E-state index in [2.05, 4.69) is 5.32 Å². The summed E-state index contributed by atoms with van der Waals surface area (Å²) >= 11 is 0. The fraction of sp³-hybridized carbons (Fsp3) is 0.364. The van der Waals surface area contributed by atoms with Gasteiger partial charge in [0.25, 0.3) is 0 Å². The minimum absolute atomic E-state index is 0.0139. The monoisotopic (exact) mass is 258 g/mol. The van der Waals surface area contributed by atoms with Crippen LogP contribution in [0, 0.1) is 5.82 Å². The zero-order chi connectivity index (χ0) is 12.8. The number of nitrogen functional groups attached to an aromatic ring is 1. The lowest BCUT2D eigenvalue weighted by Crippen LogP contribution is -2.15. The molecule has 3 N–H and O–H groups in total. The maximum Gasteiger partial charge on any atom is 0.225 e. The number of nitrogens with one attached hydrogen (secondary N) is 1. The van der Waals surface area contributed by atoms with Crippen LogP contribution in [0.4, 0.5) is 15.8 Å². The van der Waals surface area contributed by atoms with E-state index in [1.165, 1.54) is 18.2 Å². The predicted octanol–water partition coefficient (Wildman–Crippen LogP) is 1.51. The lowest BCUT2D eigenvalue weighted by Gasteiger charge is -2.06. The topological polar surface area (TPSA) is 72.2 Å². The molecule has 0 heterocycles. The third-order valence-corrected chi connectivity index (χ3v) is 3.46.